The Balaban J connectivity index is 1.67. The van der Waals surface area contributed by atoms with Crippen molar-refractivity contribution in [2.24, 2.45) is 0 Å². The summed E-state index contributed by atoms with van der Waals surface area (Å²) in [7, 11) is 2.59. The predicted molar refractivity (Wildman–Crippen MR) is 94.6 cm³/mol. The van der Waals surface area contributed by atoms with Crippen LogP contribution in [0.25, 0.3) is 0 Å². The summed E-state index contributed by atoms with van der Waals surface area (Å²) in [5.74, 6) is 0. The Kier molecular flexibility index (Phi) is 8.46. The van der Waals surface area contributed by atoms with Gasteiger partial charge in [0.25, 0.3) is 0 Å². The van der Waals surface area contributed by atoms with Crippen LogP contribution >= 0.6 is 0 Å². The summed E-state index contributed by atoms with van der Waals surface area (Å²) in [5.41, 5.74) is 0. The molecule has 2 heterocycles. The van der Waals surface area contributed by atoms with E-state index in [1.165, 1.54) is 51.9 Å². The molecule has 0 amide bonds. The topological polar surface area (TPSA) is 37.4 Å². The second kappa shape index (κ2) is 10.1. The van der Waals surface area contributed by atoms with E-state index in [1.807, 2.05) is 0 Å². The van der Waals surface area contributed by atoms with Gasteiger partial charge in [-0.25, -0.2) is 0 Å². The largest absolute Gasteiger partial charge is 0.514 e. The first-order valence-corrected chi connectivity index (χ1v) is 11.0. The molecule has 2 fully saturated rings. The van der Waals surface area contributed by atoms with Gasteiger partial charge in [0, 0.05) is 60.6 Å². The minimum atomic E-state index is -2.48. The standard InChI is InChI=1S/C16H35N3O3Si/c1-20-23(21-2,22-3)16-19-14-12-18(13-15-19)11-10-17-8-6-4-5-7-9-17/h4-16H2,1-3H3. The van der Waals surface area contributed by atoms with Crippen LogP contribution in [0.4, 0.5) is 0 Å². The van der Waals surface area contributed by atoms with E-state index in [2.05, 4.69) is 14.7 Å². The molecule has 23 heavy (non-hydrogen) atoms. The van der Waals surface area contributed by atoms with Gasteiger partial charge in [0.2, 0.25) is 0 Å². The fourth-order valence-electron chi connectivity index (χ4n) is 3.53. The van der Waals surface area contributed by atoms with Gasteiger partial charge in [-0.05, 0) is 25.9 Å². The number of nitrogens with zero attached hydrogens (tertiary/aromatic N) is 3. The minimum Gasteiger partial charge on any atom is -0.376 e. The van der Waals surface area contributed by atoms with Crippen molar-refractivity contribution in [3.8, 4) is 0 Å². The number of rotatable bonds is 8. The van der Waals surface area contributed by atoms with Crippen LogP contribution in [0.3, 0.4) is 0 Å². The molecule has 0 saturated carbocycles. The smallest absolute Gasteiger partial charge is 0.376 e. The van der Waals surface area contributed by atoms with Gasteiger partial charge < -0.3 is 18.2 Å². The molecule has 0 radical (unpaired) electrons. The third-order valence-corrected chi connectivity index (χ3v) is 7.95. The van der Waals surface area contributed by atoms with Crippen molar-refractivity contribution in [3.05, 3.63) is 0 Å². The Morgan fingerprint density at radius 1 is 0.609 bits per heavy atom. The normalized spacial score (nSPS) is 23.1. The molecule has 136 valence electrons. The lowest BCUT2D eigenvalue weighted by Gasteiger charge is -2.38. The highest BCUT2D eigenvalue weighted by Gasteiger charge is 2.40. The molecule has 0 aromatic carbocycles. The van der Waals surface area contributed by atoms with Crippen LogP contribution in [-0.4, -0.2) is 103 Å². The molecule has 6 nitrogen and oxygen atoms in total. The van der Waals surface area contributed by atoms with E-state index in [9.17, 15) is 0 Å². The van der Waals surface area contributed by atoms with Crippen molar-refractivity contribution in [3.63, 3.8) is 0 Å². The zero-order valence-corrected chi connectivity index (χ0v) is 16.3. The second-order valence-corrected chi connectivity index (χ2v) is 9.58. The Morgan fingerprint density at radius 3 is 1.52 bits per heavy atom. The Bertz CT molecular complexity index is 307. The fourth-order valence-corrected chi connectivity index (χ4v) is 5.28. The first-order valence-electron chi connectivity index (χ1n) is 9.04. The maximum atomic E-state index is 5.54. The Labute approximate surface area is 143 Å². The number of hydrogen-bond acceptors (Lipinski definition) is 6. The van der Waals surface area contributed by atoms with Crippen LogP contribution in [0, 0.1) is 0 Å². The van der Waals surface area contributed by atoms with Crippen LogP contribution < -0.4 is 0 Å². The molecular formula is C16H35N3O3Si. The van der Waals surface area contributed by atoms with Gasteiger partial charge >= 0.3 is 8.80 Å². The quantitative estimate of drug-likeness (QED) is 0.609. The molecular weight excluding hydrogens is 310 g/mol. The van der Waals surface area contributed by atoms with Gasteiger partial charge in [0.1, 0.15) is 0 Å². The highest BCUT2D eigenvalue weighted by Crippen LogP contribution is 2.12. The Hall–Kier alpha value is -0.0231. The average Bonchev–Trinajstić information content (AvgIpc) is 2.88. The molecule has 0 atom stereocenters. The van der Waals surface area contributed by atoms with E-state index >= 15 is 0 Å². The molecule has 0 aliphatic carbocycles. The summed E-state index contributed by atoms with van der Waals surface area (Å²) in [5, 5.41) is 0. The molecule has 2 aliphatic heterocycles. The van der Waals surface area contributed by atoms with Crippen molar-refractivity contribution < 1.29 is 13.3 Å². The fraction of sp³-hybridized carbons (Fsp3) is 1.00. The molecule has 0 bridgehead atoms. The van der Waals surface area contributed by atoms with Gasteiger partial charge in [-0.3, -0.25) is 9.80 Å². The highest BCUT2D eigenvalue weighted by molar-refractivity contribution is 6.60. The van der Waals surface area contributed by atoms with E-state index in [1.54, 1.807) is 21.3 Å². The van der Waals surface area contributed by atoms with Crippen LogP contribution in [-0.2, 0) is 13.3 Å². The maximum Gasteiger partial charge on any atom is 0.514 e. The first kappa shape index (κ1) is 19.3. The summed E-state index contributed by atoms with van der Waals surface area (Å²) in [6, 6.07) is 0. The van der Waals surface area contributed by atoms with Crippen molar-refractivity contribution >= 4 is 8.80 Å². The van der Waals surface area contributed by atoms with Gasteiger partial charge in [-0.2, -0.15) is 0 Å². The summed E-state index contributed by atoms with van der Waals surface area (Å²) < 4.78 is 16.6. The molecule has 0 N–H and O–H groups in total. The molecule has 0 spiro atoms. The van der Waals surface area contributed by atoms with E-state index in [-0.39, 0.29) is 0 Å². The van der Waals surface area contributed by atoms with Crippen molar-refractivity contribution in [1.29, 1.82) is 0 Å². The Morgan fingerprint density at radius 2 is 1.04 bits per heavy atom. The second-order valence-electron chi connectivity index (χ2n) is 6.67. The first-order chi connectivity index (χ1) is 11.2. The van der Waals surface area contributed by atoms with E-state index in [0.717, 1.165) is 32.3 Å². The van der Waals surface area contributed by atoms with Crippen molar-refractivity contribution in [2.45, 2.75) is 25.7 Å². The maximum absolute atomic E-state index is 5.54. The lowest BCUT2D eigenvalue weighted by atomic mass is 10.2. The zero-order valence-electron chi connectivity index (χ0n) is 15.3. The SMILES string of the molecule is CO[Si](CN1CCN(CCN2CCCCCC2)CC1)(OC)OC. The van der Waals surface area contributed by atoms with Crippen molar-refractivity contribution in [2.75, 3.05) is 79.9 Å². The third-order valence-electron chi connectivity index (χ3n) is 5.25. The van der Waals surface area contributed by atoms with Crippen LogP contribution in [0.2, 0.25) is 0 Å². The monoisotopic (exact) mass is 345 g/mol. The molecule has 2 aliphatic rings. The molecule has 7 heteroatoms. The number of likely N-dealkylation sites (tertiary alicyclic amines) is 1. The highest BCUT2D eigenvalue weighted by atomic mass is 28.4. The minimum absolute atomic E-state index is 0.788. The number of hydrogen-bond donors (Lipinski definition) is 0. The van der Waals surface area contributed by atoms with Gasteiger partial charge in [0.15, 0.2) is 0 Å². The van der Waals surface area contributed by atoms with Crippen LogP contribution in [0.1, 0.15) is 25.7 Å². The van der Waals surface area contributed by atoms with Crippen LogP contribution in [0.5, 0.6) is 0 Å². The van der Waals surface area contributed by atoms with E-state index in [4.69, 9.17) is 13.3 Å². The summed E-state index contributed by atoms with van der Waals surface area (Å²) in [6.45, 7) is 9.44. The van der Waals surface area contributed by atoms with E-state index in [0.29, 0.717) is 0 Å². The lowest BCUT2D eigenvalue weighted by molar-refractivity contribution is 0.0796. The lowest BCUT2D eigenvalue weighted by Crippen LogP contribution is -2.58. The molecule has 2 saturated heterocycles. The third kappa shape index (κ3) is 6.08. The molecule has 0 aromatic heterocycles. The molecule has 0 unspecified atom stereocenters. The summed E-state index contributed by atoms with van der Waals surface area (Å²) >= 11 is 0. The number of piperazine rings is 1. The summed E-state index contributed by atoms with van der Waals surface area (Å²) in [4.78, 5) is 7.67. The van der Waals surface area contributed by atoms with Gasteiger partial charge in [0.05, 0.1) is 6.17 Å². The average molecular weight is 346 g/mol. The molecule has 2 rings (SSSR count). The predicted octanol–water partition coefficient (Wildman–Crippen LogP) is 0.897. The van der Waals surface area contributed by atoms with Crippen LogP contribution in [0.15, 0.2) is 0 Å². The van der Waals surface area contributed by atoms with Gasteiger partial charge in [-0.15, -0.1) is 0 Å². The van der Waals surface area contributed by atoms with Gasteiger partial charge in [-0.1, -0.05) is 12.8 Å². The summed E-state index contributed by atoms with van der Waals surface area (Å²) in [6.07, 6.45) is 6.38. The van der Waals surface area contributed by atoms with E-state index < -0.39 is 8.80 Å². The molecule has 0 aromatic rings. The zero-order chi connectivity index (χ0) is 16.5. The van der Waals surface area contributed by atoms with Crippen molar-refractivity contribution in [1.82, 2.24) is 14.7 Å².